The van der Waals surface area contributed by atoms with E-state index >= 15 is 0 Å². The minimum Gasteiger partial charge on any atom is -0.544 e. The lowest BCUT2D eigenvalue weighted by Crippen LogP contribution is -2.80. The molecule has 0 heterocycles. The molecule has 0 radical (unpaired) electrons. The van der Waals surface area contributed by atoms with E-state index in [4.69, 9.17) is 0 Å². The van der Waals surface area contributed by atoms with Crippen LogP contribution in [0.15, 0.2) is 0 Å². The van der Waals surface area contributed by atoms with Gasteiger partial charge < -0.3 is 9.90 Å². The van der Waals surface area contributed by atoms with Crippen molar-refractivity contribution in [1.29, 1.82) is 0 Å². The van der Waals surface area contributed by atoms with Crippen LogP contribution in [0.2, 0.25) is 0 Å². The molecule has 0 rings (SSSR count). The van der Waals surface area contributed by atoms with Crippen LogP contribution in [-0.4, -0.2) is 42.3 Å². The maximum absolute atomic E-state index is 13.1. The highest BCUT2D eigenvalue weighted by Crippen LogP contribution is 2.71. The molecule has 25 heavy (non-hydrogen) atoms. The highest BCUT2D eigenvalue weighted by molar-refractivity contribution is 5.75. The molecule has 0 amide bonds. The number of carbonyl (C=O) groups excluding carboxylic acids is 1. The Labute approximate surface area is 125 Å². The lowest BCUT2D eigenvalue weighted by atomic mass is 9.68. The first-order chi connectivity index (χ1) is 10.4. The maximum atomic E-state index is 13.1. The van der Waals surface area contributed by atoms with Gasteiger partial charge in [-0.15, -0.1) is 0 Å². The molecule has 2 nitrogen and oxygen atoms in total. The molecular weight excluding hydrogens is 413 g/mol. The van der Waals surface area contributed by atoms with Crippen LogP contribution in [0, 0.1) is 5.41 Å². The van der Waals surface area contributed by atoms with E-state index in [1.807, 2.05) is 0 Å². The van der Waals surface area contributed by atoms with E-state index in [-0.39, 0.29) is 0 Å². The molecule has 0 aromatic rings. The number of aliphatic carboxylic acids is 1. The zero-order valence-electron chi connectivity index (χ0n) is 10.5. The van der Waals surface area contributed by atoms with Gasteiger partial charge in [-0.05, 0) is 0 Å². The first-order valence-electron chi connectivity index (χ1n) is 4.99. The summed E-state index contributed by atoms with van der Waals surface area (Å²) in [6.45, 7) is 0. The third-order valence-electron chi connectivity index (χ3n) is 2.81. The lowest BCUT2D eigenvalue weighted by Gasteiger charge is -2.49. The van der Waals surface area contributed by atoms with Gasteiger partial charge in [-0.25, -0.2) is 0 Å². The molecule has 0 aliphatic heterocycles. The Hall–Kier alpha value is -1.58. The van der Waals surface area contributed by atoms with E-state index in [9.17, 15) is 75.8 Å². The summed E-state index contributed by atoms with van der Waals surface area (Å²) >= 11 is 0. The number of carbonyl (C=O) groups is 1. The third kappa shape index (κ3) is 2.74. The van der Waals surface area contributed by atoms with Crippen LogP contribution in [0.1, 0.15) is 0 Å². The lowest BCUT2D eigenvalue weighted by molar-refractivity contribution is -0.502. The second-order valence-electron chi connectivity index (χ2n) is 4.25. The van der Waals surface area contributed by atoms with Crippen molar-refractivity contribution in [3.05, 3.63) is 0 Å². The molecule has 0 atom stereocenters. The van der Waals surface area contributed by atoms with Gasteiger partial charge in [0.15, 0.2) is 0 Å². The summed E-state index contributed by atoms with van der Waals surface area (Å²) in [4.78, 5) is 9.90. The smallest absolute Gasteiger partial charge is 0.454 e. The molecule has 0 spiro atoms. The summed E-state index contributed by atoms with van der Waals surface area (Å²) in [5.41, 5.74) is -8.80. The molecule has 0 unspecified atom stereocenters. The van der Waals surface area contributed by atoms with E-state index in [2.05, 4.69) is 0 Å². The van der Waals surface area contributed by atoms with Crippen molar-refractivity contribution >= 4 is 5.97 Å². The average Bonchev–Trinajstić information content (AvgIpc) is 2.21. The van der Waals surface area contributed by atoms with E-state index in [1.54, 1.807) is 0 Å². The van der Waals surface area contributed by atoms with Gasteiger partial charge in [0, 0.05) is 0 Å². The van der Waals surface area contributed by atoms with E-state index in [1.165, 1.54) is 0 Å². The van der Waals surface area contributed by atoms with E-state index in [0.29, 0.717) is 0 Å². The molecule has 0 saturated carbocycles. The predicted molar refractivity (Wildman–Crippen MR) is 40.4 cm³/mol. The number of hydrogen-bond donors (Lipinski definition) is 0. The van der Waals surface area contributed by atoms with E-state index in [0.717, 1.165) is 0 Å². The summed E-state index contributed by atoms with van der Waals surface area (Å²) in [5, 5.41) is 9.90. The fraction of sp³-hybridized carbons (Fsp3) is 0.875. The Morgan fingerprint density at radius 1 is 0.520 bits per heavy atom. The third-order valence-corrected chi connectivity index (χ3v) is 2.81. The van der Waals surface area contributed by atoms with E-state index < -0.39 is 47.7 Å². The van der Waals surface area contributed by atoms with Crippen LogP contribution in [0.3, 0.4) is 0 Å². The molecule has 0 aliphatic rings. The topological polar surface area (TPSA) is 40.1 Å². The molecule has 150 valence electrons. The number of carboxylic acids is 1. The molecular formula is C8F15O2-. The van der Waals surface area contributed by atoms with Crippen molar-refractivity contribution in [2.24, 2.45) is 5.41 Å². The van der Waals surface area contributed by atoms with Crippen molar-refractivity contribution in [2.45, 2.75) is 36.3 Å². The first kappa shape index (κ1) is 23.4. The Bertz CT molecular complexity index is 495. The quantitative estimate of drug-likeness (QED) is 0.664. The number of alkyl halides is 15. The molecule has 0 bridgehead atoms. The van der Waals surface area contributed by atoms with Gasteiger partial charge in [0.05, 0.1) is 0 Å². The number of carboxylic acid groups (broad SMARTS) is 1. The van der Waals surface area contributed by atoms with Gasteiger partial charge in [0.1, 0.15) is 5.97 Å². The molecule has 17 heteroatoms. The van der Waals surface area contributed by atoms with Gasteiger partial charge in [0.25, 0.3) is 5.41 Å². The Kier molecular flexibility index (Phi) is 5.11. The number of rotatable bonds is 4. The van der Waals surface area contributed by atoms with Crippen molar-refractivity contribution in [3.8, 4) is 0 Å². The zero-order valence-corrected chi connectivity index (χ0v) is 10.5. The summed E-state index contributed by atoms with van der Waals surface area (Å²) in [6, 6.07) is 0. The summed E-state index contributed by atoms with van der Waals surface area (Å²) in [6.07, 6.45) is -24.7. The van der Waals surface area contributed by atoms with Crippen molar-refractivity contribution in [1.82, 2.24) is 0 Å². The monoisotopic (exact) mass is 413 g/mol. The number of halogens is 15. The van der Waals surface area contributed by atoms with Crippen molar-refractivity contribution in [2.75, 3.05) is 0 Å². The zero-order chi connectivity index (χ0) is 21.1. The SMILES string of the molecule is O=C([O-])C(F)(F)C(C(F)(F)F)(C(F)(F)C(F)(F)F)C(F)(F)C(F)(F)F. The molecule has 0 aromatic carbocycles. The Morgan fingerprint density at radius 2 is 0.760 bits per heavy atom. The second-order valence-corrected chi connectivity index (χ2v) is 4.25. The Morgan fingerprint density at radius 3 is 0.880 bits per heavy atom. The minimum absolute atomic E-state index is 4.97. The predicted octanol–water partition coefficient (Wildman–Crippen LogP) is 3.32. The van der Waals surface area contributed by atoms with Crippen molar-refractivity contribution < 1.29 is 75.8 Å². The minimum atomic E-state index is -8.80. The molecule has 0 fully saturated rings. The standard InChI is InChI=1S/C8HF15O2/c9-2(10,1(24)25)3(6(15,16)17,4(11,12)7(18,19)20)5(13,14)8(21,22)23/h(H,24,25)/p-1. The van der Waals surface area contributed by atoms with Crippen LogP contribution in [0.4, 0.5) is 65.9 Å². The average molecular weight is 413 g/mol. The molecule has 0 aromatic heterocycles. The van der Waals surface area contributed by atoms with Crippen LogP contribution >= 0.6 is 0 Å². The van der Waals surface area contributed by atoms with Gasteiger partial charge in [-0.3, -0.25) is 0 Å². The van der Waals surface area contributed by atoms with Gasteiger partial charge in [0.2, 0.25) is 0 Å². The fourth-order valence-corrected chi connectivity index (χ4v) is 1.70. The summed E-state index contributed by atoms with van der Waals surface area (Å²) in [7, 11) is 0. The van der Waals surface area contributed by atoms with Crippen molar-refractivity contribution in [3.63, 3.8) is 0 Å². The first-order valence-corrected chi connectivity index (χ1v) is 4.99. The summed E-state index contributed by atoms with van der Waals surface area (Å²) in [5.74, 6) is -30.3. The van der Waals surface area contributed by atoms with Gasteiger partial charge in [-0.1, -0.05) is 0 Å². The summed E-state index contributed by atoms with van der Waals surface area (Å²) < 4.78 is 188. The van der Waals surface area contributed by atoms with Gasteiger partial charge >= 0.3 is 36.3 Å². The van der Waals surface area contributed by atoms with Crippen LogP contribution in [0.25, 0.3) is 0 Å². The highest BCUT2D eigenvalue weighted by atomic mass is 19.4. The second kappa shape index (κ2) is 5.46. The molecule has 0 aliphatic carbocycles. The molecule has 0 saturated heterocycles. The maximum Gasteiger partial charge on any atom is 0.454 e. The Balaban J connectivity index is 7.66. The number of hydrogen-bond acceptors (Lipinski definition) is 2. The molecule has 0 N–H and O–H groups in total. The van der Waals surface area contributed by atoms with Crippen LogP contribution in [-0.2, 0) is 4.79 Å². The van der Waals surface area contributed by atoms with Crippen LogP contribution < -0.4 is 5.11 Å². The van der Waals surface area contributed by atoms with Crippen LogP contribution in [0.5, 0.6) is 0 Å². The largest absolute Gasteiger partial charge is 0.544 e. The normalized spacial score (nSPS) is 16.1. The van der Waals surface area contributed by atoms with Gasteiger partial charge in [-0.2, -0.15) is 65.9 Å². The fourth-order valence-electron chi connectivity index (χ4n) is 1.70. The highest BCUT2D eigenvalue weighted by Gasteiger charge is 3.00.